The maximum atomic E-state index is 11.9. The molecule has 1 aromatic rings. The molecule has 1 rings (SSSR count). The monoisotopic (exact) mass is 398 g/mol. The van der Waals surface area contributed by atoms with Crippen LogP contribution in [0.15, 0.2) is 24.3 Å². The molecule has 1 aromatic carbocycles. The molecule has 0 aliphatic carbocycles. The van der Waals surface area contributed by atoms with Crippen LogP contribution in [0.1, 0.15) is 64.9 Å². The van der Waals surface area contributed by atoms with Crippen molar-refractivity contribution in [3.63, 3.8) is 0 Å². The van der Waals surface area contributed by atoms with E-state index < -0.39 is 9.84 Å². The van der Waals surface area contributed by atoms with Crippen LogP contribution in [0.5, 0.6) is 5.75 Å². The first-order valence-electron chi connectivity index (χ1n) is 9.88. The van der Waals surface area contributed by atoms with Crippen LogP contribution in [0.4, 0.5) is 0 Å². The molecular formula is C21H34O5S. The van der Waals surface area contributed by atoms with Gasteiger partial charge in [0.2, 0.25) is 0 Å². The number of sulfone groups is 1. The van der Waals surface area contributed by atoms with Crippen LogP contribution in [0, 0.1) is 0 Å². The van der Waals surface area contributed by atoms with Gasteiger partial charge >= 0.3 is 0 Å². The van der Waals surface area contributed by atoms with Crippen LogP contribution >= 0.6 is 0 Å². The number of hydrogen-bond acceptors (Lipinski definition) is 5. The minimum Gasteiger partial charge on any atom is -0.494 e. The number of ether oxygens (including phenoxy) is 2. The molecule has 6 heteroatoms. The predicted molar refractivity (Wildman–Crippen MR) is 109 cm³/mol. The second-order valence-electron chi connectivity index (χ2n) is 7.11. The van der Waals surface area contributed by atoms with E-state index in [4.69, 9.17) is 9.47 Å². The summed E-state index contributed by atoms with van der Waals surface area (Å²) in [5.74, 6) is 1.08. The highest BCUT2D eigenvalue weighted by Gasteiger charge is 2.15. The zero-order valence-corrected chi connectivity index (χ0v) is 17.7. The van der Waals surface area contributed by atoms with Gasteiger partial charge in [-0.1, -0.05) is 31.9 Å². The van der Waals surface area contributed by atoms with Crippen molar-refractivity contribution in [2.24, 2.45) is 0 Å². The van der Waals surface area contributed by atoms with E-state index in [0.29, 0.717) is 32.5 Å². The Bertz CT molecular complexity index is 652. The Morgan fingerprint density at radius 1 is 1.11 bits per heavy atom. The van der Waals surface area contributed by atoms with Gasteiger partial charge in [0.15, 0.2) is 15.6 Å². The van der Waals surface area contributed by atoms with E-state index in [2.05, 4.69) is 6.92 Å². The normalized spacial score (nSPS) is 11.7. The first kappa shape index (κ1) is 23.6. The van der Waals surface area contributed by atoms with Gasteiger partial charge in [-0.2, -0.15) is 0 Å². The van der Waals surface area contributed by atoms with Crippen molar-refractivity contribution in [3.8, 4) is 5.75 Å². The lowest BCUT2D eigenvalue weighted by molar-refractivity contribution is -0.124. The summed E-state index contributed by atoms with van der Waals surface area (Å²) < 4.78 is 34.6. The standard InChI is InChI=1S/C21H34O5S/c1-4-5-13-26-21-12-9-10-19(15-21)16-25-17-20(22)11-7-6-8-14-27(23,24)18(2)3/h9-10,12,15,18H,4-8,11,13-14,16-17H2,1-3H3. The molecule has 0 saturated carbocycles. The molecule has 0 atom stereocenters. The summed E-state index contributed by atoms with van der Waals surface area (Å²) in [6.45, 7) is 6.69. The average molecular weight is 399 g/mol. The first-order valence-corrected chi connectivity index (χ1v) is 11.6. The highest BCUT2D eigenvalue weighted by molar-refractivity contribution is 7.91. The molecule has 27 heavy (non-hydrogen) atoms. The fourth-order valence-electron chi connectivity index (χ4n) is 2.45. The molecule has 0 saturated heterocycles. The minimum atomic E-state index is -2.97. The summed E-state index contributed by atoms with van der Waals surface area (Å²) in [7, 11) is -2.97. The first-order chi connectivity index (χ1) is 12.8. The number of carbonyl (C=O) groups excluding carboxylic acids is 1. The fraction of sp³-hybridized carbons (Fsp3) is 0.667. The van der Waals surface area contributed by atoms with Crippen molar-refractivity contribution >= 4 is 15.6 Å². The zero-order chi connectivity index (χ0) is 20.1. The number of carbonyl (C=O) groups is 1. The Balaban J connectivity index is 2.17. The Kier molecular flexibility index (Phi) is 11.3. The van der Waals surface area contributed by atoms with Crippen molar-refractivity contribution in [1.82, 2.24) is 0 Å². The van der Waals surface area contributed by atoms with Crippen molar-refractivity contribution in [2.45, 2.75) is 71.2 Å². The van der Waals surface area contributed by atoms with E-state index in [1.807, 2.05) is 24.3 Å². The fourth-order valence-corrected chi connectivity index (χ4v) is 3.53. The van der Waals surface area contributed by atoms with E-state index in [1.165, 1.54) is 0 Å². The molecule has 154 valence electrons. The molecule has 0 bridgehead atoms. The lowest BCUT2D eigenvalue weighted by Crippen LogP contribution is -2.17. The summed E-state index contributed by atoms with van der Waals surface area (Å²) in [6.07, 6.45) is 4.61. The zero-order valence-electron chi connectivity index (χ0n) is 16.9. The molecule has 0 radical (unpaired) electrons. The smallest absolute Gasteiger partial charge is 0.158 e. The molecule has 0 N–H and O–H groups in total. The molecular weight excluding hydrogens is 364 g/mol. The van der Waals surface area contributed by atoms with Crippen molar-refractivity contribution < 1.29 is 22.7 Å². The largest absolute Gasteiger partial charge is 0.494 e. The Morgan fingerprint density at radius 3 is 2.59 bits per heavy atom. The van der Waals surface area contributed by atoms with Gasteiger partial charge in [-0.25, -0.2) is 8.42 Å². The minimum absolute atomic E-state index is 0.0528. The third-order valence-corrected chi connectivity index (χ3v) is 6.59. The van der Waals surface area contributed by atoms with Gasteiger partial charge in [0.1, 0.15) is 12.4 Å². The average Bonchev–Trinajstić information content (AvgIpc) is 2.62. The van der Waals surface area contributed by atoms with E-state index in [9.17, 15) is 13.2 Å². The summed E-state index contributed by atoms with van der Waals surface area (Å²) in [6, 6.07) is 7.73. The topological polar surface area (TPSA) is 69.7 Å². The maximum Gasteiger partial charge on any atom is 0.158 e. The van der Waals surface area contributed by atoms with Crippen LogP contribution in [-0.4, -0.2) is 38.4 Å². The second-order valence-corrected chi connectivity index (χ2v) is 9.78. The molecule has 0 heterocycles. The number of ketones is 1. The van der Waals surface area contributed by atoms with E-state index in [0.717, 1.165) is 30.6 Å². The highest BCUT2D eigenvalue weighted by atomic mass is 32.2. The van der Waals surface area contributed by atoms with Gasteiger partial charge in [0.25, 0.3) is 0 Å². The van der Waals surface area contributed by atoms with Crippen LogP contribution in [-0.2, 0) is 26.0 Å². The van der Waals surface area contributed by atoms with Crippen molar-refractivity contribution in [2.75, 3.05) is 19.0 Å². The van der Waals surface area contributed by atoms with Crippen molar-refractivity contribution in [3.05, 3.63) is 29.8 Å². The molecule has 0 aromatic heterocycles. The maximum absolute atomic E-state index is 11.9. The van der Waals surface area contributed by atoms with Gasteiger partial charge in [0, 0.05) is 6.42 Å². The highest BCUT2D eigenvalue weighted by Crippen LogP contribution is 2.15. The summed E-state index contributed by atoms with van der Waals surface area (Å²) >= 11 is 0. The van der Waals surface area contributed by atoms with Crippen molar-refractivity contribution in [1.29, 1.82) is 0 Å². The lowest BCUT2D eigenvalue weighted by Gasteiger charge is -2.08. The molecule has 0 aliphatic heterocycles. The summed E-state index contributed by atoms with van der Waals surface area (Å²) in [5, 5.41) is -0.330. The molecule has 0 aliphatic rings. The van der Waals surface area contributed by atoms with Crippen LogP contribution in [0.3, 0.4) is 0 Å². The molecule has 0 fully saturated rings. The number of benzene rings is 1. The van der Waals surface area contributed by atoms with Gasteiger partial charge in [-0.3, -0.25) is 4.79 Å². The Morgan fingerprint density at radius 2 is 1.89 bits per heavy atom. The second kappa shape index (κ2) is 12.9. The third kappa shape index (κ3) is 10.5. The van der Waals surface area contributed by atoms with Gasteiger partial charge < -0.3 is 9.47 Å². The molecule has 0 spiro atoms. The number of rotatable bonds is 15. The third-order valence-electron chi connectivity index (χ3n) is 4.30. The lowest BCUT2D eigenvalue weighted by atomic mass is 10.1. The Labute approximate surface area is 164 Å². The SMILES string of the molecule is CCCCOc1cccc(COCC(=O)CCCCCS(=O)(=O)C(C)C)c1. The summed E-state index contributed by atoms with van der Waals surface area (Å²) in [4.78, 5) is 11.9. The van der Waals surface area contributed by atoms with Crippen LogP contribution in [0.25, 0.3) is 0 Å². The summed E-state index contributed by atoms with van der Waals surface area (Å²) in [5.41, 5.74) is 0.982. The van der Waals surface area contributed by atoms with E-state index >= 15 is 0 Å². The number of unbranched alkanes of at least 4 members (excludes halogenated alkanes) is 3. The number of hydrogen-bond donors (Lipinski definition) is 0. The van der Waals surface area contributed by atoms with E-state index in [1.54, 1.807) is 13.8 Å². The van der Waals surface area contributed by atoms with E-state index in [-0.39, 0.29) is 23.4 Å². The van der Waals surface area contributed by atoms with Crippen LogP contribution in [0.2, 0.25) is 0 Å². The molecule has 5 nitrogen and oxygen atoms in total. The molecule has 0 unspecified atom stereocenters. The van der Waals surface area contributed by atoms with Gasteiger partial charge in [-0.05, 0) is 50.8 Å². The van der Waals surface area contributed by atoms with Gasteiger partial charge in [0.05, 0.1) is 24.2 Å². The quantitative estimate of drug-likeness (QED) is 0.411. The van der Waals surface area contributed by atoms with Gasteiger partial charge in [-0.15, -0.1) is 0 Å². The number of Topliss-reactive ketones (excluding diaryl/α,β-unsaturated/α-hetero) is 1. The molecule has 0 amide bonds. The Hall–Kier alpha value is -1.40. The predicted octanol–water partition coefficient (Wildman–Crippen LogP) is 4.33. The van der Waals surface area contributed by atoms with Crippen LogP contribution < -0.4 is 4.74 Å².